The Morgan fingerprint density at radius 2 is 1.07 bits per heavy atom. The lowest BCUT2D eigenvalue weighted by Crippen LogP contribution is -2.59. The van der Waals surface area contributed by atoms with Crippen molar-refractivity contribution in [2.45, 2.75) is 26.2 Å². The molecule has 0 saturated heterocycles. The van der Waals surface area contributed by atoms with Gasteiger partial charge in [-0.15, -0.1) is 0 Å². The first-order chi connectivity index (χ1) is 22.0. The van der Waals surface area contributed by atoms with Crippen LogP contribution in [0.1, 0.15) is 26.5 Å². The highest BCUT2D eigenvalue weighted by molar-refractivity contribution is 7.00. The summed E-state index contributed by atoms with van der Waals surface area (Å²) < 4.78 is 5.11. The first-order valence-electron chi connectivity index (χ1n) is 16.0. The third-order valence-corrected chi connectivity index (χ3v) is 10.5. The van der Waals surface area contributed by atoms with Crippen LogP contribution in [0.25, 0.3) is 76.7 Å². The maximum atomic E-state index is 5.69. The summed E-state index contributed by atoms with van der Waals surface area (Å²) in [6.45, 7) is 6.97. The Morgan fingerprint density at radius 3 is 1.71 bits per heavy atom. The van der Waals surface area contributed by atoms with Crippen molar-refractivity contribution in [2.75, 3.05) is 0 Å². The van der Waals surface area contributed by atoms with Gasteiger partial charge in [0.25, 0.3) is 6.71 Å². The van der Waals surface area contributed by atoms with E-state index in [1.54, 1.807) is 0 Å². The highest BCUT2D eigenvalue weighted by Crippen LogP contribution is 2.43. The van der Waals surface area contributed by atoms with Crippen molar-refractivity contribution in [2.24, 2.45) is 0 Å². The van der Waals surface area contributed by atoms with Gasteiger partial charge in [-0.2, -0.15) is 0 Å². The molecule has 2 aliphatic heterocycles. The highest BCUT2D eigenvalue weighted by atomic mass is 15.0. The number of hydrogen-bond acceptors (Lipinski definition) is 1. The van der Waals surface area contributed by atoms with Crippen molar-refractivity contribution >= 4 is 88.4 Å². The van der Waals surface area contributed by atoms with Gasteiger partial charge in [0, 0.05) is 54.5 Å². The van der Waals surface area contributed by atoms with Gasteiger partial charge in [-0.05, 0) is 40.0 Å². The van der Waals surface area contributed by atoms with Gasteiger partial charge in [-0.3, -0.25) is 0 Å². The Morgan fingerprint density at radius 1 is 0.533 bits per heavy atom. The van der Waals surface area contributed by atoms with Crippen LogP contribution in [0.15, 0.2) is 115 Å². The minimum atomic E-state index is -0.119. The van der Waals surface area contributed by atoms with Crippen LogP contribution in [0.5, 0.6) is 0 Å². The molecule has 0 N–H and O–H groups in total. The summed E-state index contributed by atoms with van der Waals surface area (Å²) in [7, 11) is 0. The molecule has 0 atom stereocenters. The molecule has 0 fully saturated rings. The first kappa shape index (κ1) is 24.0. The van der Waals surface area contributed by atoms with E-state index < -0.39 is 0 Å². The minimum Gasteiger partial charge on any atom is -0.310 e. The van der Waals surface area contributed by atoms with Crippen molar-refractivity contribution in [1.29, 1.82) is 0 Å². The lowest BCUT2D eigenvalue weighted by molar-refractivity contribution is 0.578. The number of benzene rings is 6. The predicted molar refractivity (Wildman–Crippen MR) is 191 cm³/mol. The van der Waals surface area contributed by atoms with Gasteiger partial charge >= 0.3 is 0 Å². The van der Waals surface area contributed by atoms with Crippen molar-refractivity contribution in [3.8, 4) is 11.4 Å². The number of nitrogens with zero attached hydrogens (tertiary/aromatic N) is 3. The third-order valence-electron chi connectivity index (χ3n) is 10.5. The predicted octanol–water partition coefficient (Wildman–Crippen LogP) is 8.02. The van der Waals surface area contributed by atoms with E-state index in [4.69, 9.17) is 4.98 Å². The van der Waals surface area contributed by atoms with Crippen LogP contribution in [0.4, 0.5) is 0 Å². The molecule has 0 saturated carbocycles. The minimum absolute atomic E-state index is 0.104. The molecule has 45 heavy (non-hydrogen) atoms. The molecule has 11 rings (SSSR count). The van der Waals surface area contributed by atoms with Crippen LogP contribution >= 0.6 is 0 Å². The van der Waals surface area contributed by atoms with Crippen LogP contribution in [-0.4, -0.2) is 20.8 Å². The summed E-state index contributed by atoms with van der Waals surface area (Å²) in [6, 6.07) is 43.0. The molecule has 0 radical (unpaired) electrons. The SMILES string of the molecule is CC(C)(C)c1nc2c3c4c(cc2c2ccccc12)-n1c2ccccc2c2cccc(c21)B4c1cccc2c4ccccc4n-3c12. The Labute approximate surface area is 260 Å². The summed E-state index contributed by atoms with van der Waals surface area (Å²) in [5.41, 5.74) is 13.8. The van der Waals surface area contributed by atoms with Gasteiger partial charge in [-0.25, -0.2) is 4.98 Å². The molecule has 6 aromatic carbocycles. The number of fused-ring (bicyclic) bond motifs is 14. The number of para-hydroxylation sites is 4. The van der Waals surface area contributed by atoms with E-state index in [2.05, 4.69) is 145 Å². The molecular weight excluding hydrogens is 545 g/mol. The molecule has 9 aromatic rings. The van der Waals surface area contributed by atoms with Crippen molar-refractivity contribution in [3.63, 3.8) is 0 Å². The van der Waals surface area contributed by atoms with Gasteiger partial charge in [0.15, 0.2) is 0 Å². The Bertz CT molecular complexity index is 2810. The van der Waals surface area contributed by atoms with E-state index in [0.717, 1.165) is 11.2 Å². The van der Waals surface area contributed by atoms with E-state index in [1.165, 1.54) is 87.5 Å². The number of pyridine rings is 1. The van der Waals surface area contributed by atoms with Crippen LogP contribution in [-0.2, 0) is 5.41 Å². The molecule has 2 aliphatic rings. The summed E-state index contributed by atoms with van der Waals surface area (Å²) in [5.74, 6) is 0. The fourth-order valence-corrected chi connectivity index (χ4v) is 8.86. The normalized spacial score (nSPS) is 13.6. The van der Waals surface area contributed by atoms with Gasteiger partial charge in [0.05, 0.1) is 27.9 Å². The van der Waals surface area contributed by atoms with Crippen LogP contribution < -0.4 is 16.4 Å². The van der Waals surface area contributed by atoms with Gasteiger partial charge in [-0.1, -0.05) is 118 Å². The lowest BCUT2D eigenvalue weighted by atomic mass is 9.34. The zero-order valence-corrected chi connectivity index (χ0v) is 25.4. The average Bonchev–Trinajstić information content (AvgIpc) is 3.58. The largest absolute Gasteiger partial charge is 0.310 e. The second-order valence-electron chi connectivity index (χ2n) is 13.9. The Hall–Kier alpha value is -5.35. The summed E-state index contributed by atoms with van der Waals surface area (Å²) >= 11 is 0. The number of aromatic nitrogens is 3. The van der Waals surface area contributed by atoms with E-state index in [1.807, 2.05) is 0 Å². The van der Waals surface area contributed by atoms with Gasteiger partial charge < -0.3 is 9.13 Å². The van der Waals surface area contributed by atoms with E-state index in [0.29, 0.717) is 0 Å². The van der Waals surface area contributed by atoms with Crippen molar-refractivity contribution < 1.29 is 0 Å². The van der Waals surface area contributed by atoms with Gasteiger partial charge in [0.2, 0.25) is 0 Å². The van der Waals surface area contributed by atoms with Crippen molar-refractivity contribution in [1.82, 2.24) is 14.1 Å². The Kier molecular flexibility index (Phi) is 4.18. The second-order valence-corrected chi connectivity index (χ2v) is 13.9. The second kappa shape index (κ2) is 7.83. The van der Waals surface area contributed by atoms with Crippen LogP contribution in [0.2, 0.25) is 0 Å². The lowest BCUT2D eigenvalue weighted by Gasteiger charge is -2.34. The number of hydrogen-bond donors (Lipinski definition) is 0. The molecule has 0 spiro atoms. The third kappa shape index (κ3) is 2.74. The molecule has 5 heterocycles. The van der Waals surface area contributed by atoms with Gasteiger partial charge in [0.1, 0.15) is 0 Å². The average molecular weight is 574 g/mol. The zero-order valence-electron chi connectivity index (χ0n) is 25.4. The smallest absolute Gasteiger partial charge is 0.252 e. The molecule has 0 unspecified atom stereocenters. The molecule has 4 heteroatoms. The molecule has 3 nitrogen and oxygen atoms in total. The summed E-state index contributed by atoms with van der Waals surface area (Å²) in [4.78, 5) is 5.69. The Balaban J connectivity index is 1.48. The van der Waals surface area contributed by atoms with Crippen LogP contribution in [0.3, 0.4) is 0 Å². The fourth-order valence-electron chi connectivity index (χ4n) is 8.86. The first-order valence-corrected chi connectivity index (χ1v) is 16.0. The van der Waals surface area contributed by atoms with Crippen molar-refractivity contribution in [3.05, 3.63) is 121 Å². The maximum absolute atomic E-state index is 5.69. The van der Waals surface area contributed by atoms with E-state index in [9.17, 15) is 0 Å². The summed E-state index contributed by atoms with van der Waals surface area (Å²) in [5, 5.41) is 8.93. The fraction of sp³-hybridized carbons (Fsp3) is 0.0976. The molecule has 210 valence electrons. The standard InChI is InChI=1S/C41H28BN3/c1-41(2,3)40-28-15-5-4-12-23(28)29-22-34-35-39(36(29)43-40)45-33-21-9-7-14-25(33)27-17-11-19-31(38(27)45)42(35)30-18-10-16-26-24-13-6-8-20-32(24)44(34)37(26)30/h4-22H,1-3H3. The molecule has 0 amide bonds. The summed E-state index contributed by atoms with van der Waals surface area (Å²) in [6.07, 6.45) is 0. The van der Waals surface area contributed by atoms with E-state index in [-0.39, 0.29) is 12.1 Å². The molecule has 3 aromatic heterocycles. The zero-order chi connectivity index (χ0) is 29.8. The number of rotatable bonds is 0. The quantitative estimate of drug-likeness (QED) is 0.133. The molecule has 0 aliphatic carbocycles. The topological polar surface area (TPSA) is 22.8 Å². The van der Waals surface area contributed by atoms with Crippen LogP contribution in [0, 0.1) is 0 Å². The monoisotopic (exact) mass is 573 g/mol. The molecule has 0 bridgehead atoms. The molecular formula is C41H28BN3. The van der Waals surface area contributed by atoms with E-state index >= 15 is 0 Å². The highest BCUT2D eigenvalue weighted by Gasteiger charge is 2.42. The maximum Gasteiger partial charge on any atom is 0.252 e.